The fraction of sp³-hybridized carbons (Fsp3) is 0.400. The topological polar surface area (TPSA) is 87.2 Å². The second-order valence-corrected chi connectivity index (χ2v) is 4.58. The molecule has 0 bridgehead atoms. The Morgan fingerprint density at radius 1 is 1.35 bits per heavy atom. The molecular formula is C15H23IN6O. The summed E-state index contributed by atoms with van der Waals surface area (Å²) in [5.74, 6) is 1.52. The van der Waals surface area contributed by atoms with Crippen LogP contribution in [0.15, 0.2) is 35.6 Å². The summed E-state index contributed by atoms with van der Waals surface area (Å²) in [6.45, 7) is 4.77. The van der Waals surface area contributed by atoms with Gasteiger partial charge in [-0.1, -0.05) is 18.2 Å². The van der Waals surface area contributed by atoms with Crippen LogP contribution in [0.25, 0.3) is 11.4 Å². The highest BCUT2D eigenvalue weighted by Gasteiger charge is 2.03. The van der Waals surface area contributed by atoms with Crippen LogP contribution in [0.3, 0.4) is 0 Å². The van der Waals surface area contributed by atoms with E-state index in [4.69, 9.17) is 4.74 Å². The lowest BCUT2D eigenvalue weighted by Gasteiger charge is -2.12. The van der Waals surface area contributed by atoms with Gasteiger partial charge in [0.2, 0.25) is 0 Å². The number of guanidine groups is 1. The van der Waals surface area contributed by atoms with E-state index in [9.17, 15) is 0 Å². The number of hydrogen-bond acceptors (Lipinski definition) is 4. The van der Waals surface area contributed by atoms with Crippen molar-refractivity contribution in [2.45, 2.75) is 13.5 Å². The van der Waals surface area contributed by atoms with Crippen LogP contribution in [-0.2, 0) is 11.3 Å². The van der Waals surface area contributed by atoms with Crippen molar-refractivity contribution >= 4 is 29.9 Å². The molecular weight excluding hydrogens is 407 g/mol. The van der Waals surface area contributed by atoms with Crippen molar-refractivity contribution in [2.75, 3.05) is 26.8 Å². The quantitative estimate of drug-likeness (QED) is 0.270. The molecule has 3 N–H and O–H groups in total. The van der Waals surface area contributed by atoms with Gasteiger partial charge in [0.15, 0.2) is 11.8 Å². The molecule has 2 rings (SSSR count). The summed E-state index contributed by atoms with van der Waals surface area (Å²) < 4.78 is 5.29. The molecule has 0 amide bonds. The van der Waals surface area contributed by atoms with Gasteiger partial charge in [0, 0.05) is 32.3 Å². The summed E-state index contributed by atoms with van der Waals surface area (Å²) in [5, 5.41) is 13.2. The molecule has 2 aromatic rings. The maximum absolute atomic E-state index is 5.29. The number of nitrogens with one attached hydrogen (secondary N) is 3. The molecule has 0 radical (unpaired) electrons. The molecule has 0 aliphatic rings. The van der Waals surface area contributed by atoms with Crippen LogP contribution in [0.4, 0.5) is 0 Å². The van der Waals surface area contributed by atoms with Gasteiger partial charge in [0.25, 0.3) is 0 Å². The summed E-state index contributed by atoms with van der Waals surface area (Å²) >= 11 is 0. The number of halogens is 1. The number of hydrogen-bond donors (Lipinski definition) is 3. The Balaban J connectivity index is 0.00000264. The minimum absolute atomic E-state index is 0. The van der Waals surface area contributed by atoms with E-state index in [1.807, 2.05) is 19.1 Å². The van der Waals surface area contributed by atoms with Gasteiger partial charge in [0.05, 0.1) is 6.61 Å². The van der Waals surface area contributed by atoms with E-state index in [0.717, 1.165) is 36.1 Å². The Morgan fingerprint density at radius 3 is 2.91 bits per heavy atom. The zero-order valence-electron chi connectivity index (χ0n) is 13.4. The number of aromatic amines is 1. The van der Waals surface area contributed by atoms with E-state index in [2.05, 4.69) is 42.9 Å². The van der Waals surface area contributed by atoms with Crippen molar-refractivity contribution in [1.82, 2.24) is 25.8 Å². The normalized spacial score (nSPS) is 11.0. The van der Waals surface area contributed by atoms with Gasteiger partial charge in [-0.05, 0) is 18.6 Å². The molecule has 0 spiro atoms. The van der Waals surface area contributed by atoms with E-state index in [-0.39, 0.29) is 24.0 Å². The Morgan fingerprint density at radius 2 is 2.22 bits per heavy atom. The van der Waals surface area contributed by atoms with Crippen LogP contribution < -0.4 is 10.6 Å². The number of H-pyrrole nitrogens is 1. The molecule has 126 valence electrons. The van der Waals surface area contributed by atoms with E-state index in [0.29, 0.717) is 13.2 Å². The minimum Gasteiger partial charge on any atom is -0.380 e. The third-order valence-electron chi connectivity index (χ3n) is 3.04. The van der Waals surface area contributed by atoms with E-state index >= 15 is 0 Å². The van der Waals surface area contributed by atoms with Gasteiger partial charge in [-0.3, -0.25) is 10.1 Å². The first-order valence-electron chi connectivity index (χ1n) is 7.30. The maximum Gasteiger partial charge on any atom is 0.191 e. The first kappa shape index (κ1) is 19.4. The van der Waals surface area contributed by atoms with Gasteiger partial charge in [-0.15, -0.1) is 24.0 Å². The van der Waals surface area contributed by atoms with Gasteiger partial charge in [-0.25, -0.2) is 4.98 Å². The zero-order chi connectivity index (χ0) is 15.6. The second kappa shape index (κ2) is 10.9. The Labute approximate surface area is 153 Å². The number of aliphatic imine (C=N–C) groups is 1. The van der Waals surface area contributed by atoms with Crippen LogP contribution in [0.5, 0.6) is 0 Å². The molecule has 0 aliphatic heterocycles. The van der Waals surface area contributed by atoms with Crippen LogP contribution in [0, 0.1) is 0 Å². The number of benzene rings is 1. The smallest absolute Gasteiger partial charge is 0.191 e. The van der Waals surface area contributed by atoms with E-state index < -0.39 is 0 Å². The molecule has 0 aliphatic carbocycles. The van der Waals surface area contributed by atoms with Crippen molar-refractivity contribution in [2.24, 2.45) is 4.99 Å². The van der Waals surface area contributed by atoms with Crippen LogP contribution in [0.2, 0.25) is 0 Å². The summed E-state index contributed by atoms with van der Waals surface area (Å²) in [4.78, 5) is 8.34. The zero-order valence-corrected chi connectivity index (χ0v) is 15.7. The van der Waals surface area contributed by atoms with Crippen molar-refractivity contribution in [3.8, 4) is 11.4 Å². The van der Waals surface area contributed by atoms with Crippen molar-refractivity contribution in [3.05, 3.63) is 36.2 Å². The molecule has 0 saturated heterocycles. The molecule has 1 aromatic heterocycles. The maximum atomic E-state index is 5.29. The second-order valence-electron chi connectivity index (χ2n) is 4.58. The highest BCUT2D eigenvalue weighted by molar-refractivity contribution is 14.0. The van der Waals surface area contributed by atoms with Crippen molar-refractivity contribution < 1.29 is 4.74 Å². The van der Waals surface area contributed by atoms with Gasteiger partial charge >= 0.3 is 0 Å². The molecule has 7 nitrogen and oxygen atoms in total. The number of rotatable bonds is 7. The van der Waals surface area contributed by atoms with Crippen molar-refractivity contribution in [1.29, 1.82) is 0 Å². The summed E-state index contributed by atoms with van der Waals surface area (Å²) in [5.41, 5.74) is 2.15. The number of ether oxygens (including phenoxy) is 1. The van der Waals surface area contributed by atoms with Crippen LogP contribution in [-0.4, -0.2) is 47.9 Å². The summed E-state index contributed by atoms with van der Waals surface area (Å²) in [6, 6.07) is 8.13. The standard InChI is InChI=1S/C15H22N6O.HI/c1-3-22-8-7-17-15(16-2)18-10-12-5-4-6-13(9-12)14-19-11-20-21-14;/h4-6,9,11H,3,7-8,10H2,1-2H3,(H2,16,17,18)(H,19,20,21);1H. The van der Waals surface area contributed by atoms with Crippen molar-refractivity contribution in [3.63, 3.8) is 0 Å². The average molecular weight is 430 g/mol. The van der Waals surface area contributed by atoms with Gasteiger partial charge < -0.3 is 15.4 Å². The first-order valence-corrected chi connectivity index (χ1v) is 7.30. The lowest BCUT2D eigenvalue weighted by Crippen LogP contribution is -2.38. The molecule has 0 atom stereocenters. The predicted octanol–water partition coefficient (Wildman–Crippen LogP) is 1.79. The third kappa shape index (κ3) is 6.53. The minimum atomic E-state index is 0. The molecule has 0 fully saturated rings. The lowest BCUT2D eigenvalue weighted by molar-refractivity contribution is 0.152. The largest absolute Gasteiger partial charge is 0.380 e. The van der Waals surface area contributed by atoms with E-state index in [1.165, 1.54) is 6.33 Å². The lowest BCUT2D eigenvalue weighted by atomic mass is 10.1. The Bertz CT molecular complexity index is 587. The highest BCUT2D eigenvalue weighted by atomic mass is 127. The molecule has 8 heteroatoms. The average Bonchev–Trinajstić information content (AvgIpc) is 3.09. The molecule has 1 aromatic carbocycles. The Hall–Kier alpha value is -1.68. The van der Waals surface area contributed by atoms with Crippen LogP contribution >= 0.6 is 24.0 Å². The highest BCUT2D eigenvalue weighted by Crippen LogP contribution is 2.15. The monoisotopic (exact) mass is 430 g/mol. The first-order chi connectivity index (χ1) is 10.8. The predicted molar refractivity (Wildman–Crippen MR) is 102 cm³/mol. The number of aromatic nitrogens is 3. The molecule has 0 unspecified atom stereocenters. The fourth-order valence-electron chi connectivity index (χ4n) is 1.97. The Kier molecular flexibility index (Phi) is 9.22. The third-order valence-corrected chi connectivity index (χ3v) is 3.04. The summed E-state index contributed by atoms with van der Waals surface area (Å²) in [6.07, 6.45) is 1.50. The number of nitrogens with zero attached hydrogens (tertiary/aromatic N) is 3. The molecule has 23 heavy (non-hydrogen) atoms. The van der Waals surface area contributed by atoms with E-state index in [1.54, 1.807) is 7.05 Å². The SMILES string of the molecule is CCOCCNC(=NC)NCc1cccc(-c2ncn[nH]2)c1.I. The molecule has 0 saturated carbocycles. The van der Waals surface area contributed by atoms with Crippen LogP contribution in [0.1, 0.15) is 12.5 Å². The fourth-order valence-corrected chi connectivity index (χ4v) is 1.97. The molecule has 1 heterocycles. The van der Waals surface area contributed by atoms with Gasteiger partial charge in [0.1, 0.15) is 6.33 Å². The van der Waals surface area contributed by atoms with Gasteiger partial charge in [-0.2, -0.15) is 5.10 Å². The summed E-state index contributed by atoms with van der Waals surface area (Å²) in [7, 11) is 1.75.